The van der Waals surface area contributed by atoms with Crippen molar-refractivity contribution in [3.63, 3.8) is 0 Å². The summed E-state index contributed by atoms with van der Waals surface area (Å²) in [6, 6.07) is 10.5. The minimum atomic E-state index is 0.719. The second-order valence-electron chi connectivity index (χ2n) is 6.21. The van der Waals surface area contributed by atoms with Gasteiger partial charge in [-0.1, -0.05) is 30.3 Å². The molecule has 4 heteroatoms. The van der Waals surface area contributed by atoms with Crippen LogP contribution in [0.15, 0.2) is 34.9 Å². The molecule has 2 aromatic rings. The molecule has 0 bridgehead atoms. The van der Waals surface area contributed by atoms with Crippen molar-refractivity contribution in [2.75, 3.05) is 13.7 Å². The number of benzene rings is 1. The molecule has 1 aliphatic carbocycles. The van der Waals surface area contributed by atoms with Crippen LogP contribution in [-0.4, -0.2) is 23.5 Å². The molecule has 3 rings (SSSR count). The highest BCUT2D eigenvalue weighted by molar-refractivity contribution is 9.10. The Balaban J connectivity index is 1.92. The lowest BCUT2D eigenvalue weighted by molar-refractivity contribution is 0.199. The Labute approximate surface area is 147 Å². The van der Waals surface area contributed by atoms with Gasteiger partial charge in [-0.3, -0.25) is 4.68 Å². The fraction of sp³-hybridized carbons (Fsp3) is 0.474. The van der Waals surface area contributed by atoms with Gasteiger partial charge >= 0.3 is 0 Å². The average molecular weight is 376 g/mol. The Morgan fingerprint density at radius 2 is 1.96 bits per heavy atom. The zero-order valence-corrected chi connectivity index (χ0v) is 15.3. The Morgan fingerprint density at radius 3 is 2.65 bits per heavy atom. The van der Waals surface area contributed by atoms with E-state index in [4.69, 9.17) is 9.84 Å². The van der Waals surface area contributed by atoms with E-state index in [1.165, 1.54) is 42.5 Å². The van der Waals surface area contributed by atoms with Gasteiger partial charge in [0.2, 0.25) is 0 Å². The van der Waals surface area contributed by atoms with Gasteiger partial charge in [0.05, 0.1) is 6.61 Å². The van der Waals surface area contributed by atoms with Crippen LogP contribution in [0.25, 0.3) is 11.1 Å². The van der Waals surface area contributed by atoms with Crippen LogP contribution in [0.4, 0.5) is 0 Å². The van der Waals surface area contributed by atoms with Gasteiger partial charge in [-0.05, 0) is 59.5 Å². The fourth-order valence-corrected chi connectivity index (χ4v) is 4.03. The van der Waals surface area contributed by atoms with E-state index in [-0.39, 0.29) is 0 Å². The number of rotatable bonds is 6. The summed E-state index contributed by atoms with van der Waals surface area (Å²) in [6.45, 7) is 1.73. The Kier molecular flexibility index (Phi) is 5.90. The van der Waals surface area contributed by atoms with E-state index < -0.39 is 0 Å². The van der Waals surface area contributed by atoms with Crippen LogP contribution >= 0.6 is 15.9 Å². The third kappa shape index (κ3) is 4.04. The second kappa shape index (κ2) is 8.11. The Morgan fingerprint density at radius 1 is 1.22 bits per heavy atom. The van der Waals surface area contributed by atoms with Gasteiger partial charge < -0.3 is 4.74 Å². The summed E-state index contributed by atoms with van der Waals surface area (Å²) in [5.41, 5.74) is 3.71. The molecule has 0 N–H and O–H groups in total. The summed E-state index contributed by atoms with van der Waals surface area (Å²) in [6.07, 6.45) is 8.34. The zero-order valence-electron chi connectivity index (χ0n) is 13.7. The first-order chi connectivity index (χ1) is 11.3. The van der Waals surface area contributed by atoms with Crippen LogP contribution in [0.5, 0.6) is 0 Å². The highest BCUT2D eigenvalue weighted by atomic mass is 79.9. The number of ether oxygens (including phenoxy) is 1. The summed E-state index contributed by atoms with van der Waals surface area (Å²) >= 11 is 3.68. The van der Waals surface area contributed by atoms with Crippen LogP contribution < -0.4 is 0 Å². The largest absolute Gasteiger partial charge is 0.384 e. The normalized spacial score (nSPS) is 15.9. The molecule has 0 unspecified atom stereocenters. The molecular formula is C19H24BrN2O. The first-order valence-corrected chi connectivity index (χ1v) is 9.20. The molecule has 0 aliphatic heterocycles. The maximum absolute atomic E-state index is 5.33. The number of halogens is 1. The fourth-order valence-electron chi connectivity index (χ4n) is 3.38. The van der Waals surface area contributed by atoms with Crippen molar-refractivity contribution >= 4 is 15.9 Å². The molecule has 123 valence electrons. The topological polar surface area (TPSA) is 27.1 Å². The molecule has 0 spiro atoms. The summed E-state index contributed by atoms with van der Waals surface area (Å²) in [5.74, 6) is 0.733. The van der Waals surface area contributed by atoms with Crippen LogP contribution in [-0.2, 0) is 17.7 Å². The van der Waals surface area contributed by atoms with Gasteiger partial charge in [-0.2, -0.15) is 5.10 Å². The molecule has 3 nitrogen and oxygen atoms in total. The summed E-state index contributed by atoms with van der Waals surface area (Å²) < 4.78 is 8.48. The lowest BCUT2D eigenvalue weighted by atomic mass is 9.89. The first kappa shape index (κ1) is 16.7. The zero-order chi connectivity index (χ0) is 16.1. The molecule has 1 aliphatic rings. The SMILES string of the molecule is COCCc1c(-c2ccccc2)c(Br)nn1CC1CC[CH]CC1. The standard InChI is InChI=1S/C19H24BrN2O/c1-23-13-12-17-18(16-10-6-3-7-11-16)19(20)21-22(17)14-15-8-4-2-5-9-15/h2-3,6-7,10-11,15H,4-5,8-9,12-14H2,1H3. The van der Waals surface area contributed by atoms with Crippen molar-refractivity contribution in [1.29, 1.82) is 0 Å². The molecule has 0 saturated heterocycles. The Bertz CT molecular complexity index is 618. The number of hydrogen-bond acceptors (Lipinski definition) is 2. The molecule has 1 radical (unpaired) electrons. The molecule has 1 aromatic carbocycles. The van der Waals surface area contributed by atoms with E-state index in [1.54, 1.807) is 7.11 Å². The molecule has 23 heavy (non-hydrogen) atoms. The van der Waals surface area contributed by atoms with Crippen LogP contribution in [0.1, 0.15) is 31.4 Å². The lowest BCUT2D eigenvalue weighted by Crippen LogP contribution is -2.17. The van der Waals surface area contributed by atoms with E-state index in [2.05, 4.69) is 57.4 Å². The molecular weight excluding hydrogens is 352 g/mol. The van der Waals surface area contributed by atoms with Gasteiger partial charge in [-0.25, -0.2) is 0 Å². The van der Waals surface area contributed by atoms with E-state index in [9.17, 15) is 0 Å². The second-order valence-corrected chi connectivity index (χ2v) is 6.96. The van der Waals surface area contributed by atoms with Gasteiger partial charge in [-0.15, -0.1) is 0 Å². The Hall–Kier alpha value is -1.13. The van der Waals surface area contributed by atoms with Crippen molar-refractivity contribution < 1.29 is 4.74 Å². The first-order valence-electron chi connectivity index (χ1n) is 8.40. The summed E-state index contributed by atoms with van der Waals surface area (Å²) in [4.78, 5) is 0. The monoisotopic (exact) mass is 375 g/mol. The highest BCUT2D eigenvalue weighted by Gasteiger charge is 2.21. The van der Waals surface area contributed by atoms with Crippen LogP contribution in [0, 0.1) is 12.3 Å². The van der Waals surface area contributed by atoms with Crippen molar-refractivity contribution in [2.24, 2.45) is 5.92 Å². The maximum atomic E-state index is 5.33. The van der Waals surface area contributed by atoms with Crippen molar-refractivity contribution in [1.82, 2.24) is 9.78 Å². The third-order valence-corrected chi connectivity index (χ3v) is 5.16. The van der Waals surface area contributed by atoms with E-state index >= 15 is 0 Å². The lowest BCUT2D eigenvalue weighted by Gasteiger charge is -2.22. The summed E-state index contributed by atoms with van der Waals surface area (Å²) in [7, 11) is 1.76. The van der Waals surface area contributed by atoms with E-state index in [0.717, 1.165) is 30.1 Å². The van der Waals surface area contributed by atoms with E-state index in [1.807, 2.05) is 0 Å². The predicted molar refractivity (Wildman–Crippen MR) is 97.2 cm³/mol. The highest BCUT2D eigenvalue weighted by Crippen LogP contribution is 2.33. The predicted octanol–water partition coefficient (Wildman–Crippen LogP) is 4.90. The van der Waals surface area contributed by atoms with Gasteiger partial charge in [0.15, 0.2) is 0 Å². The number of hydrogen-bond donors (Lipinski definition) is 0. The molecule has 0 amide bonds. The smallest absolute Gasteiger partial charge is 0.136 e. The van der Waals surface area contributed by atoms with Crippen LogP contribution in [0.2, 0.25) is 0 Å². The molecule has 1 heterocycles. The molecule has 1 saturated carbocycles. The van der Waals surface area contributed by atoms with Crippen molar-refractivity contribution in [3.05, 3.63) is 47.0 Å². The van der Waals surface area contributed by atoms with E-state index in [0.29, 0.717) is 0 Å². The number of methoxy groups -OCH3 is 1. The quantitative estimate of drug-likeness (QED) is 0.717. The van der Waals surface area contributed by atoms with Crippen molar-refractivity contribution in [2.45, 2.75) is 38.6 Å². The van der Waals surface area contributed by atoms with Crippen molar-refractivity contribution in [3.8, 4) is 11.1 Å². The molecule has 0 atom stereocenters. The van der Waals surface area contributed by atoms with Gasteiger partial charge in [0.1, 0.15) is 4.60 Å². The number of aromatic nitrogens is 2. The summed E-state index contributed by atoms with van der Waals surface area (Å²) in [5, 5.41) is 4.80. The van der Waals surface area contributed by atoms with Gasteiger partial charge in [0.25, 0.3) is 0 Å². The van der Waals surface area contributed by atoms with Crippen LogP contribution in [0.3, 0.4) is 0 Å². The maximum Gasteiger partial charge on any atom is 0.136 e. The minimum Gasteiger partial charge on any atom is -0.384 e. The van der Waals surface area contributed by atoms with Gasteiger partial charge in [0, 0.05) is 31.3 Å². The minimum absolute atomic E-state index is 0.719. The average Bonchev–Trinajstić information content (AvgIpc) is 2.89. The molecule has 1 fully saturated rings. The third-order valence-electron chi connectivity index (χ3n) is 4.61. The molecule has 1 aromatic heterocycles. The number of nitrogens with zero attached hydrogens (tertiary/aromatic N) is 2.